The van der Waals surface area contributed by atoms with Crippen LogP contribution in [0.4, 0.5) is 10.6 Å². The summed E-state index contributed by atoms with van der Waals surface area (Å²) < 4.78 is 5.48. The molecular formula is C21H25ClN6O2. The first-order chi connectivity index (χ1) is 14.3. The number of aromatic nitrogens is 4. The van der Waals surface area contributed by atoms with Crippen molar-refractivity contribution in [3.05, 3.63) is 46.6 Å². The molecule has 2 N–H and O–H groups in total. The molecule has 0 aliphatic carbocycles. The normalized spacial score (nSPS) is 13.9. The molecule has 158 valence electrons. The fraction of sp³-hybridized carbons (Fsp3) is 0.429. The third-order valence-electron chi connectivity index (χ3n) is 4.78. The summed E-state index contributed by atoms with van der Waals surface area (Å²) in [5.74, 6) is 1.62. The standard InChI is InChI=1S/C21H25ClN6O2/c1-21(2,3)30-20(29)28-11-9-13-16(12-28)26-19(22)27-18(13)23-10-8-17-24-14-6-4-5-7-15(14)25-17/h4-7H,8-12H2,1-3H3,(H,24,25)(H,23,26,27). The molecule has 1 amide bonds. The van der Waals surface area contributed by atoms with Crippen molar-refractivity contribution < 1.29 is 9.53 Å². The number of aromatic amines is 1. The van der Waals surface area contributed by atoms with Crippen molar-refractivity contribution in [2.24, 2.45) is 0 Å². The number of nitrogens with one attached hydrogen (secondary N) is 2. The molecule has 9 heteroatoms. The molecule has 3 aromatic rings. The number of fused-ring (bicyclic) bond motifs is 2. The topological polar surface area (TPSA) is 96.0 Å². The predicted molar refractivity (Wildman–Crippen MR) is 116 cm³/mol. The zero-order chi connectivity index (χ0) is 21.3. The van der Waals surface area contributed by atoms with E-state index in [0.717, 1.165) is 34.5 Å². The van der Waals surface area contributed by atoms with E-state index in [0.29, 0.717) is 31.9 Å². The van der Waals surface area contributed by atoms with Gasteiger partial charge in [-0.25, -0.2) is 19.7 Å². The van der Waals surface area contributed by atoms with Crippen molar-refractivity contribution in [1.82, 2.24) is 24.8 Å². The van der Waals surface area contributed by atoms with Crippen molar-refractivity contribution >= 4 is 34.5 Å². The highest BCUT2D eigenvalue weighted by atomic mass is 35.5. The first-order valence-corrected chi connectivity index (χ1v) is 10.4. The van der Waals surface area contributed by atoms with Crippen LogP contribution in [-0.4, -0.2) is 49.6 Å². The summed E-state index contributed by atoms with van der Waals surface area (Å²) in [6.45, 7) is 7.11. The molecule has 30 heavy (non-hydrogen) atoms. The molecule has 0 atom stereocenters. The SMILES string of the molecule is CC(C)(C)OC(=O)N1CCc2c(nc(Cl)nc2NCCc2nc3ccccc3[nH]2)C1. The van der Waals surface area contributed by atoms with E-state index in [9.17, 15) is 4.79 Å². The number of ether oxygens (including phenoxy) is 1. The molecule has 2 aromatic heterocycles. The maximum absolute atomic E-state index is 12.4. The molecule has 0 saturated heterocycles. The minimum absolute atomic E-state index is 0.158. The number of benzene rings is 1. The van der Waals surface area contributed by atoms with Crippen LogP contribution in [0.2, 0.25) is 5.28 Å². The molecule has 3 heterocycles. The molecule has 1 aromatic carbocycles. The zero-order valence-electron chi connectivity index (χ0n) is 17.3. The van der Waals surface area contributed by atoms with E-state index < -0.39 is 5.60 Å². The van der Waals surface area contributed by atoms with Crippen LogP contribution in [0.1, 0.15) is 37.9 Å². The largest absolute Gasteiger partial charge is 0.444 e. The molecule has 0 saturated carbocycles. The number of H-pyrrole nitrogens is 1. The van der Waals surface area contributed by atoms with E-state index in [-0.39, 0.29) is 11.4 Å². The van der Waals surface area contributed by atoms with E-state index >= 15 is 0 Å². The number of hydrogen-bond acceptors (Lipinski definition) is 6. The highest BCUT2D eigenvalue weighted by Crippen LogP contribution is 2.26. The zero-order valence-corrected chi connectivity index (χ0v) is 18.1. The number of imidazole rings is 1. The fourth-order valence-corrected chi connectivity index (χ4v) is 3.64. The summed E-state index contributed by atoms with van der Waals surface area (Å²) >= 11 is 6.15. The van der Waals surface area contributed by atoms with Gasteiger partial charge < -0.3 is 19.9 Å². The first kappa shape index (κ1) is 20.4. The van der Waals surface area contributed by atoms with Crippen LogP contribution < -0.4 is 5.32 Å². The Balaban J connectivity index is 1.43. The number of hydrogen-bond donors (Lipinski definition) is 2. The Morgan fingerprint density at radius 1 is 1.27 bits per heavy atom. The van der Waals surface area contributed by atoms with Gasteiger partial charge in [0.15, 0.2) is 0 Å². The lowest BCUT2D eigenvalue weighted by atomic mass is 10.1. The van der Waals surface area contributed by atoms with Crippen molar-refractivity contribution in [2.75, 3.05) is 18.4 Å². The highest BCUT2D eigenvalue weighted by Gasteiger charge is 2.28. The third-order valence-corrected chi connectivity index (χ3v) is 4.95. The number of rotatable bonds is 4. The summed E-state index contributed by atoms with van der Waals surface area (Å²) in [7, 11) is 0. The first-order valence-electron chi connectivity index (χ1n) is 9.99. The van der Waals surface area contributed by atoms with Gasteiger partial charge in [0.2, 0.25) is 5.28 Å². The van der Waals surface area contributed by atoms with E-state index in [2.05, 4.69) is 25.3 Å². The lowest BCUT2D eigenvalue weighted by Crippen LogP contribution is -2.40. The van der Waals surface area contributed by atoms with Gasteiger partial charge in [-0.15, -0.1) is 0 Å². The maximum Gasteiger partial charge on any atom is 0.410 e. The Labute approximate surface area is 180 Å². The summed E-state index contributed by atoms with van der Waals surface area (Å²) in [6, 6.07) is 7.95. The number of amides is 1. The number of para-hydroxylation sites is 2. The highest BCUT2D eigenvalue weighted by molar-refractivity contribution is 6.28. The van der Waals surface area contributed by atoms with Gasteiger partial charge in [0.25, 0.3) is 0 Å². The molecular weight excluding hydrogens is 404 g/mol. The molecule has 0 bridgehead atoms. The second kappa shape index (κ2) is 8.10. The Hall–Kier alpha value is -2.87. The average Bonchev–Trinajstić information content (AvgIpc) is 3.08. The molecule has 0 radical (unpaired) electrons. The molecule has 0 fully saturated rings. The van der Waals surface area contributed by atoms with Crippen LogP contribution in [0.25, 0.3) is 11.0 Å². The average molecular weight is 429 g/mol. The maximum atomic E-state index is 12.4. The number of halogens is 1. The van der Waals surface area contributed by atoms with Crippen molar-refractivity contribution in [2.45, 2.75) is 45.8 Å². The minimum Gasteiger partial charge on any atom is -0.444 e. The Morgan fingerprint density at radius 3 is 2.83 bits per heavy atom. The summed E-state index contributed by atoms with van der Waals surface area (Å²) in [4.78, 5) is 30.7. The molecule has 8 nitrogen and oxygen atoms in total. The summed E-state index contributed by atoms with van der Waals surface area (Å²) in [5.41, 5.74) is 3.18. The van der Waals surface area contributed by atoms with E-state index in [4.69, 9.17) is 16.3 Å². The molecule has 0 spiro atoms. The van der Waals surface area contributed by atoms with Crippen LogP contribution in [0, 0.1) is 0 Å². The minimum atomic E-state index is -0.538. The van der Waals surface area contributed by atoms with Gasteiger partial charge >= 0.3 is 6.09 Å². The van der Waals surface area contributed by atoms with Gasteiger partial charge in [-0.05, 0) is 50.9 Å². The molecule has 1 aliphatic heterocycles. The lowest BCUT2D eigenvalue weighted by Gasteiger charge is -2.31. The van der Waals surface area contributed by atoms with Crippen LogP contribution in [0.5, 0.6) is 0 Å². The van der Waals surface area contributed by atoms with E-state index in [1.165, 1.54) is 0 Å². The van der Waals surface area contributed by atoms with Gasteiger partial charge in [0, 0.05) is 25.1 Å². The predicted octanol–water partition coefficient (Wildman–Crippen LogP) is 3.95. The number of carbonyl (C=O) groups excluding carboxylic acids is 1. The molecule has 4 rings (SSSR count). The van der Waals surface area contributed by atoms with Gasteiger partial charge in [-0.2, -0.15) is 0 Å². The fourth-order valence-electron chi connectivity index (χ4n) is 3.45. The second-order valence-electron chi connectivity index (χ2n) is 8.30. The van der Waals surface area contributed by atoms with Crippen LogP contribution in [-0.2, 0) is 24.1 Å². The lowest BCUT2D eigenvalue weighted by molar-refractivity contribution is 0.0221. The van der Waals surface area contributed by atoms with Gasteiger partial charge in [0.05, 0.1) is 23.3 Å². The second-order valence-corrected chi connectivity index (χ2v) is 8.63. The van der Waals surface area contributed by atoms with Crippen LogP contribution >= 0.6 is 11.6 Å². The molecule has 0 unspecified atom stereocenters. The number of carbonyl (C=O) groups is 1. The summed E-state index contributed by atoms with van der Waals surface area (Å²) in [6.07, 6.45) is 1.01. The van der Waals surface area contributed by atoms with E-state index in [1.807, 2.05) is 45.0 Å². The monoisotopic (exact) mass is 428 g/mol. The third kappa shape index (κ3) is 4.64. The molecule has 1 aliphatic rings. The van der Waals surface area contributed by atoms with Crippen molar-refractivity contribution in [1.29, 1.82) is 0 Å². The van der Waals surface area contributed by atoms with E-state index in [1.54, 1.807) is 4.90 Å². The number of nitrogens with zero attached hydrogens (tertiary/aromatic N) is 4. The van der Waals surface area contributed by atoms with Gasteiger partial charge in [0.1, 0.15) is 17.2 Å². The Morgan fingerprint density at radius 2 is 2.07 bits per heavy atom. The number of anilines is 1. The smallest absolute Gasteiger partial charge is 0.410 e. The van der Waals surface area contributed by atoms with Gasteiger partial charge in [-0.1, -0.05) is 12.1 Å². The van der Waals surface area contributed by atoms with Crippen molar-refractivity contribution in [3.8, 4) is 0 Å². The Kier molecular flexibility index (Phi) is 5.51. The van der Waals surface area contributed by atoms with Crippen LogP contribution in [0.3, 0.4) is 0 Å². The van der Waals surface area contributed by atoms with Crippen molar-refractivity contribution in [3.63, 3.8) is 0 Å². The Bertz CT molecular complexity index is 1040. The summed E-state index contributed by atoms with van der Waals surface area (Å²) in [5, 5.41) is 3.52. The quantitative estimate of drug-likeness (QED) is 0.611. The van der Waals surface area contributed by atoms with Gasteiger partial charge in [-0.3, -0.25) is 0 Å². The van der Waals surface area contributed by atoms with Crippen LogP contribution in [0.15, 0.2) is 24.3 Å².